The third-order valence-corrected chi connectivity index (χ3v) is 9.76. The third kappa shape index (κ3) is 7.26. The van der Waals surface area contributed by atoms with Crippen LogP contribution in [0.4, 0.5) is 11.6 Å². The molecule has 43 heavy (non-hydrogen) atoms. The Hall–Kier alpha value is -3.73. The number of aromatic nitrogens is 3. The summed E-state index contributed by atoms with van der Waals surface area (Å²) in [5.74, 6) is 1.21. The molecule has 0 atom stereocenters. The molecule has 0 radical (unpaired) electrons. The topological polar surface area (TPSA) is 131 Å². The number of nitrogens with zero attached hydrogens (tertiary/aromatic N) is 8. The average Bonchev–Trinajstić information content (AvgIpc) is 3.42. The molecule has 2 fully saturated rings. The molecule has 1 saturated heterocycles. The van der Waals surface area contributed by atoms with Gasteiger partial charge in [0, 0.05) is 74.8 Å². The van der Waals surface area contributed by atoms with Crippen LogP contribution in [0, 0.1) is 11.3 Å². The molecule has 5 rings (SSSR count). The second kappa shape index (κ2) is 13.3. The van der Waals surface area contributed by atoms with Gasteiger partial charge < -0.3 is 24.6 Å². The molecule has 3 aromatic rings. The van der Waals surface area contributed by atoms with Crippen molar-refractivity contribution in [3.8, 4) is 11.9 Å². The fraction of sp³-hybridized carbons (Fsp3) is 0.533. The van der Waals surface area contributed by atoms with Crippen molar-refractivity contribution in [1.82, 2.24) is 28.6 Å². The van der Waals surface area contributed by atoms with Crippen molar-refractivity contribution in [3.05, 3.63) is 42.7 Å². The number of rotatable bonds is 10. The minimum absolute atomic E-state index is 0.0155. The highest BCUT2D eigenvalue weighted by atomic mass is 32.2. The first-order chi connectivity index (χ1) is 20.6. The standard InChI is InChI=1S/C30H41N9O3S/c1-35(2)17-22-39(43(3,41)42)24-9-7-23(8-10-24)33-30-32-15-12-28(34-30)38-16-13-25-26(5-4-6-27(25)38)36-18-20-37(21-19-36)29(40)11-14-31/h4-6,12-13,15-16,23-24H,7-11,17-22H2,1-3H3,(H,32,33,34). The number of carbonyl (C=O) groups is 1. The molecule has 1 aliphatic heterocycles. The summed E-state index contributed by atoms with van der Waals surface area (Å²) in [7, 11) is 0.637. The number of nitriles is 1. The van der Waals surface area contributed by atoms with Gasteiger partial charge in [-0.3, -0.25) is 4.79 Å². The van der Waals surface area contributed by atoms with Crippen LogP contribution in [0.3, 0.4) is 0 Å². The predicted molar refractivity (Wildman–Crippen MR) is 168 cm³/mol. The van der Waals surface area contributed by atoms with Gasteiger partial charge in [-0.1, -0.05) is 6.07 Å². The molecule has 1 N–H and O–H groups in total. The third-order valence-electron chi connectivity index (χ3n) is 8.43. The molecule has 2 aliphatic rings. The number of anilines is 2. The molecular weight excluding hydrogens is 566 g/mol. The first kappa shape index (κ1) is 30.7. The summed E-state index contributed by atoms with van der Waals surface area (Å²) in [6.45, 7) is 3.82. The van der Waals surface area contributed by atoms with Crippen LogP contribution in [0.1, 0.15) is 32.1 Å². The number of benzene rings is 1. The Morgan fingerprint density at radius 3 is 2.49 bits per heavy atom. The monoisotopic (exact) mass is 607 g/mol. The van der Waals surface area contributed by atoms with E-state index in [1.807, 2.05) is 43.4 Å². The number of hydrogen-bond acceptors (Lipinski definition) is 9. The van der Waals surface area contributed by atoms with E-state index in [2.05, 4.69) is 38.0 Å². The van der Waals surface area contributed by atoms with Crippen molar-refractivity contribution < 1.29 is 13.2 Å². The molecule has 1 aromatic carbocycles. The Labute approximate surface area is 253 Å². The molecule has 13 heteroatoms. The molecule has 230 valence electrons. The fourth-order valence-corrected chi connectivity index (χ4v) is 7.33. The number of sulfonamides is 1. The van der Waals surface area contributed by atoms with E-state index in [9.17, 15) is 13.2 Å². The van der Waals surface area contributed by atoms with Gasteiger partial charge in [-0.25, -0.2) is 13.4 Å². The van der Waals surface area contributed by atoms with Crippen molar-refractivity contribution in [1.29, 1.82) is 5.26 Å². The number of nitrogens with one attached hydrogen (secondary N) is 1. The summed E-state index contributed by atoms with van der Waals surface area (Å²) in [6, 6.07) is 12.3. The summed E-state index contributed by atoms with van der Waals surface area (Å²) in [6.07, 6.45) is 8.29. The van der Waals surface area contributed by atoms with Crippen LogP contribution in [0.2, 0.25) is 0 Å². The van der Waals surface area contributed by atoms with Gasteiger partial charge in [0.15, 0.2) is 0 Å². The lowest BCUT2D eigenvalue weighted by molar-refractivity contribution is -0.130. The smallest absolute Gasteiger partial charge is 0.236 e. The highest BCUT2D eigenvalue weighted by Gasteiger charge is 2.31. The van der Waals surface area contributed by atoms with Crippen LogP contribution in [-0.4, -0.2) is 115 Å². The Morgan fingerprint density at radius 1 is 1.07 bits per heavy atom. The van der Waals surface area contributed by atoms with Gasteiger partial charge >= 0.3 is 0 Å². The number of hydrogen-bond donors (Lipinski definition) is 1. The van der Waals surface area contributed by atoms with Crippen molar-refractivity contribution in [2.45, 2.75) is 44.2 Å². The minimum Gasteiger partial charge on any atom is -0.367 e. The van der Waals surface area contributed by atoms with Crippen molar-refractivity contribution >= 4 is 38.5 Å². The zero-order chi connectivity index (χ0) is 30.6. The molecule has 1 saturated carbocycles. The van der Waals surface area contributed by atoms with E-state index in [0.29, 0.717) is 45.2 Å². The van der Waals surface area contributed by atoms with E-state index in [1.54, 1.807) is 15.4 Å². The summed E-state index contributed by atoms with van der Waals surface area (Å²) < 4.78 is 28.7. The van der Waals surface area contributed by atoms with E-state index in [-0.39, 0.29) is 24.4 Å². The zero-order valence-corrected chi connectivity index (χ0v) is 26.0. The summed E-state index contributed by atoms with van der Waals surface area (Å²) >= 11 is 0. The second-order valence-electron chi connectivity index (χ2n) is 11.7. The lowest BCUT2D eigenvalue weighted by atomic mass is 9.91. The molecule has 0 spiro atoms. The van der Waals surface area contributed by atoms with E-state index in [0.717, 1.165) is 48.1 Å². The first-order valence-electron chi connectivity index (χ1n) is 14.9. The van der Waals surface area contributed by atoms with Crippen LogP contribution in [0.15, 0.2) is 42.7 Å². The highest BCUT2D eigenvalue weighted by molar-refractivity contribution is 7.88. The quantitative estimate of drug-likeness (QED) is 0.369. The van der Waals surface area contributed by atoms with Crippen LogP contribution in [-0.2, 0) is 14.8 Å². The molecule has 0 bridgehead atoms. The maximum absolute atomic E-state index is 12.5. The van der Waals surface area contributed by atoms with Gasteiger partial charge in [0.25, 0.3) is 0 Å². The number of likely N-dealkylation sites (N-methyl/N-ethyl adjacent to an activating group) is 1. The van der Waals surface area contributed by atoms with Crippen molar-refractivity contribution in [2.24, 2.45) is 0 Å². The maximum atomic E-state index is 12.5. The van der Waals surface area contributed by atoms with E-state index in [1.165, 1.54) is 6.26 Å². The Balaban J connectivity index is 1.25. The van der Waals surface area contributed by atoms with Gasteiger partial charge in [-0.05, 0) is 64.0 Å². The highest BCUT2D eigenvalue weighted by Crippen LogP contribution is 2.31. The zero-order valence-electron chi connectivity index (χ0n) is 25.2. The molecular formula is C30H41N9O3S. The summed E-state index contributed by atoms with van der Waals surface area (Å²) in [5, 5.41) is 13.4. The Morgan fingerprint density at radius 2 is 1.81 bits per heavy atom. The maximum Gasteiger partial charge on any atom is 0.236 e. The Kier molecular flexibility index (Phi) is 9.49. The normalized spacial score (nSPS) is 19.6. The molecule has 0 unspecified atom stereocenters. The van der Waals surface area contributed by atoms with Crippen LogP contribution >= 0.6 is 0 Å². The number of amides is 1. The number of carbonyl (C=O) groups excluding carboxylic acids is 1. The first-order valence-corrected chi connectivity index (χ1v) is 16.7. The Bertz CT molecular complexity index is 1570. The molecule has 12 nitrogen and oxygen atoms in total. The SMILES string of the molecule is CN(C)CCN(C1CCC(Nc2nccc(-n3ccc4c(N5CCN(C(=O)CC#N)CC5)cccc43)n2)CC1)S(C)(=O)=O. The lowest BCUT2D eigenvalue weighted by Gasteiger charge is -2.36. The van der Waals surface area contributed by atoms with Crippen LogP contribution in [0.5, 0.6) is 0 Å². The molecule has 1 aliphatic carbocycles. The van der Waals surface area contributed by atoms with E-state index in [4.69, 9.17) is 10.2 Å². The molecule has 1 amide bonds. The summed E-state index contributed by atoms with van der Waals surface area (Å²) in [4.78, 5) is 27.5. The molecule has 2 aromatic heterocycles. The average molecular weight is 608 g/mol. The predicted octanol–water partition coefficient (Wildman–Crippen LogP) is 2.53. The lowest BCUT2D eigenvalue weighted by Crippen LogP contribution is -2.48. The van der Waals surface area contributed by atoms with Gasteiger partial charge in [0.1, 0.15) is 12.2 Å². The number of piperazine rings is 1. The van der Waals surface area contributed by atoms with E-state index >= 15 is 0 Å². The minimum atomic E-state index is -3.27. The van der Waals surface area contributed by atoms with Gasteiger partial charge in [0.2, 0.25) is 21.9 Å². The van der Waals surface area contributed by atoms with Crippen LogP contribution < -0.4 is 10.2 Å². The van der Waals surface area contributed by atoms with Crippen molar-refractivity contribution in [2.75, 3.05) is 69.8 Å². The van der Waals surface area contributed by atoms with Gasteiger partial charge in [-0.15, -0.1) is 0 Å². The number of fused-ring (bicyclic) bond motifs is 1. The van der Waals surface area contributed by atoms with Gasteiger partial charge in [0.05, 0.1) is 17.8 Å². The fourth-order valence-electron chi connectivity index (χ4n) is 6.16. The van der Waals surface area contributed by atoms with Gasteiger partial charge in [-0.2, -0.15) is 14.6 Å². The van der Waals surface area contributed by atoms with Crippen molar-refractivity contribution in [3.63, 3.8) is 0 Å². The van der Waals surface area contributed by atoms with Crippen LogP contribution in [0.25, 0.3) is 16.7 Å². The largest absolute Gasteiger partial charge is 0.367 e. The summed E-state index contributed by atoms with van der Waals surface area (Å²) in [5.41, 5.74) is 2.14. The molecule has 3 heterocycles. The second-order valence-corrected chi connectivity index (χ2v) is 13.6. The van der Waals surface area contributed by atoms with E-state index < -0.39 is 10.0 Å².